The van der Waals surface area contributed by atoms with E-state index >= 15 is 0 Å². The van der Waals surface area contributed by atoms with Gasteiger partial charge in [-0.1, -0.05) is 30.7 Å². The lowest BCUT2D eigenvalue weighted by Gasteiger charge is -2.20. The minimum atomic E-state index is 0.272. The average molecular weight is 295 g/mol. The topological polar surface area (TPSA) is 24.9 Å². The summed E-state index contributed by atoms with van der Waals surface area (Å²) in [6.07, 6.45) is 0.910. The molecule has 0 bridgehead atoms. The maximum absolute atomic E-state index is 6.22. The van der Waals surface area contributed by atoms with E-state index in [4.69, 9.17) is 11.6 Å². The highest BCUT2D eigenvalue weighted by Crippen LogP contribution is 2.27. The molecule has 0 amide bonds. The third-order valence-corrected chi connectivity index (χ3v) is 4.58. The number of halogens is 1. The Morgan fingerprint density at radius 2 is 2.16 bits per heavy atom. The van der Waals surface area contributed by atoms with Crippen LogP contribution in [0.15, 0.2) is 23.6 Å². The summed E-state index contributed by atoms with van der Waals surface area (Å²) >= 11 is 7.95. The van der Waals surface area contributed by atoms with E-state index in [9.17, 15) is 0 Å². The molecule has 0 fully saturated rings. The van der Waals surface area contributed by atoms with Crippen LogP contribution in [0.25, 0.3) is 0 Å². The molecule has 4 heteroatoms. The predicted octanol–water partition coefficient (Wildman–Crippen LogP) is 4.31. The molecule has 102 valence electrons. The molecule has 1 unspecified atom stereocenters. The summed E-state index contributed by atoms with van der Waals surface area (Å²) in [5.74, 6) is 0. The molecule has 0 spiro atoms. The fourth-order valence-electron chi connectivity index (χ4n) is 2.21. The van der Waals surface area contributed by atoms with Gasteiger partial charge in [-0.25, -0.2) is 4.98 Å². The third-order valence-electron chi connectivity index (χ3n) is 3.18. The summed E-state index contributed by atoms with van der Waals surface area (Å²) in [4.78, 5) is 4.56. The van der Waals surface area contributed by atoms with Crippen molar-refractivity contribution in [3.63, 3.8) is 0 Å². The van der Waals surface area contributed by atoms with Gasteiger partial charge in [0.25, 0.3) is 0 Å². The highest BCUT2D eigenvalue weighted by Gasteiger charge is 2.16. The molecule has 1 aromatic carbocycles. The molecule has 19 heavy (non-hydrogen) atoms. The smallest absolute Gasteiger partial charge is 0.0947 e. The van der Waals surface area contributed by atoms with Gasteiger partial charge < -0.3 is 5.32 Å². The molecule has 1 aromatic heterocycles. The van der Waals surface area contributed by atoms with Gasteiger partial charge >= 0.3 is 0 Å². The molecule has 2 aromatic rings. The Morgan fingerprint density at radius 3 is 2.79 bits per heavy atom. The number of likely N-dealkylation sites (N-methyl/N-ethyl adjacent to an activating group) is 1. The van der Waals surface area contributed by atoms with E-state index in [2.05, 4.69) is 35.6 Å². The summed E-state index contributed by atoms with van der Waals surface area (Å²) in [5.41, 5.74) is 3.52. The fourth-order valence-corrected chi connectivity index (χ4v) is 3.21. The van der Waals surface area contributed by atoms with Crippen molar-refractivity contribution in [1.29, 1.82) is 0 Å². The fraction of sp³-hybridized carbons (Fsp3) is 0.400. The van der Waals surface area contributed by atoms with Crippen LogP contribution in [0.2, 0.25) is 5.02 Å². The molecule has 2 nitrogen and oxygen atoms in total. The molecule has 1 N–H and O–H groups in total. The Balaban J connectivity index is 2.26. The van der Waals surface area contributed by atoms with E-state index in [-0.39, 0.29) is 6.04 Å². The van der Waals surface area contributed by atoms with Crippen LogP contribution in [0.3, 0.4) is 0 Å². The number of hydrogen-bond acceptors (Lipinski definition) is 3. The van der Waals surface area contributed by atoms with Crippen LogP contribution in [-0.4, -0.2) is 11.5 Å². The zero-order chi connectivity index (χ0) is 13.8. The summed E-state index contributed by atoms with van der Waals surface area (Å²) in [6, 6.07) is 6.38. The van der Waals surface area contributed by atoms with E-state index < -0.39 is 0 Å². The largest absolute Gasteiger partial charge is 0.310 e. The van der Waals surface area contributed by atoms with Crippen LogP contribution in [0.1, 0.15) is 34.8 Å². The Bertz CT molecular complexity index is 551. The van der Waals surface area contributed by atoms with Crippen molar-refractivity contribution in [1.82, 2.24) is 10.3 Å². The van der Waals surface area contributed by atoms with Crippen LogP contribution >= 0.6 is 22.9 Å². The van der Waals surface area contributed by atoms with Gasteiger partial charge in [0.15, 0.2) is 0 Å². The van der Waals surface area contributed by atoms with E-state index in [1.165, 1.54) is 10.6 Å². The number of aryl methyl sites for hydroxylation is 1. The quantitative estimate of drug-likeness (QED) is 0.889. The molecule has 1 atom stereocenters. The second kappa shape index (κ2) is 6.51. The van der Waals surface area contributed by atoms with Crippen LogP contribution in [0.4, 0.5) is 0 Å². The van der Waals surface area contributed by atoms with Crippen molar-refractivity contribution in [2.75, 3.05) is 6.54 Å². The number of aromatic nitrogens is 1. The number of thiazole rings is 1. The van der Waals surface area contributed by atoms with Gasteiger partial charge in [0, 0.05) is 28.6 Å². The predicted molar refractivity (Wildman–Crippen MR) is 83.2 cm³/mol. The van der Waals surface area contributed by atoms with Crippen LogP contribution in [0.5, 0.6) is 0 Å². The standard InChI is InChI=1S/C15H19ClN2S/c1-4-17-14(8-15-18-10(2)9-19-15)12-6-5-7-13(16)11(12)3/h5-7,9,14,17H,4,8H2,1-3H3. The maximum atomic E-state index is 6.22. The first-order valence-electron chi connectivity index (χ1n) is 6.51. The van der Waals surface area contributed by atoms with Gasteiger partial charge in [0.05, 0.1) is 5.01 Å². The van der Waals surface area contributed by atoms with Gasteiger partial charge in [-0.05, 0) is 37.6 Å². The average Bonchev–Trinajstić information content (AvgIpc) is 2.78. The van der Waals surface area contributed by atoms with E-state index in [0.717, 1.165) is 29.2 Å². The van der Waals surface area contributed by atoms with Crippen molar-refractivity contribution in [2.45, 2.75) is 33.2 Å². The lowest BCUT2D eigenvalue weighted by molar-refractivity contribution is 0.546. The first-order valence-corrected chi connectivity index (χ1v) is 7.77. The molecule has 2 rings (SSSR count). The maximum Gasteiger partial charge on any atom is 0.0947 e. The third kappa shape index (κ3) is 3.56. The van der Waals surface area contributed by atoms with Crippen molar-refractivity contribution >= 4 is 22.9 Å². The Hall–Kier alpha value is -0.900. The lowest BCUT2D eigenvalue weighted by Crippen LogP contribution is -2.23. The number of nitrogens with zero attached hydrogens (tertiary/aromatic N) is 1. The monoisotopic (exact) mass is 294 g/mol. The van der Waals surface area contributed by atoms with Crippen molar-refractivity contribution in [3.05, 3.63) is 50.4 Å². The summed E-state index contributed by atoms with van der Waals surface area (Å²) in [6.45, 7) is 7.17. The van der Waals surface area contributed by atoms with Crippen LogP contribution < -0.4 is 5.32 Å². The Kier molecular flexibility index (Phi) is 4.97. The molecule has 1 heterocycles. The molecule has 0 saturated heterocycles. The minimum absolute atomic E-state index is 0.272. The van der Waals surface area contributed by atoms with E-state index in [1.807, 2.05) is 19.1 Å². The molecular weight excluding hydrogens is 276 g/mol. The highest BCUT2D eigenvalue weighted by molar-refractivity contribution is 7.09. The Morgan fingerprint density at radius 1 is 1.37 bits per heavy atom. The minimum Gasteiger partial charge on any atom is -0.310 e. The highest BCUT2D eigenvalue weighted by atomic mass is 35.5. The molecule has 0 aliphatic heterocycles. The van der Waals surface area contributed by atoms with Gasteiger partial charge in [-0.15, -0.1) is 11.3 Å². The summed E-state index contributed by atoms with van der Waals surface area (Å²) < 4.78 is 0. The molecule has 0 radical (unpaired) electrons. The van der Waals surface area contributed by atoms with Gasteiger partial charge in [0.1, 0.15) is 0 Å². The normalized spacial score (nSPS) is 12.6. The first-order chi connectivity index (χ1) is 9.11. The zero-order valence-electron chi connectivity index (χ0n) is 11.5. The summed E-state index contributed by atoms with van der Waals surface area (Å²) in [7, 11) is 0. The Labute approximate surface area is 123 Å². The first kappa shape index (κ1) is 14.5. The zero-order valence-corrected chi connectivity index (χ0v) is 13.1. The second-order valence-electron chi connectivity index (χ2n) is 4.65. The van der Waals surface area contributed by atoms with Crippen LogP contribution in [-0.2, 0) is 6.42 Å². The SMILES string of the molecule is CCNC(Cc1nc(C)cs1)c1cccc(Cl)c1C. The number of nitrogens with one attached hydrogen (secondary N) is 1. The second-order valence-corrected chi connectivity index (χ2v) is 6.00. The van der Waals surface area contributed by atoms with Crippen molar-refractivity contribution in [2.24, 2.45) is 0 Å². The van der Waals surface area contributed by atoms with Crippen molar-refractivity contribution < 1.29 is 0 Å². The van der Waals surface area contributed by atoms with Gasteiger partial charge in [-0.2, -0.15) is 0 Å². The lowest BCUT2D eigenvalue weighted by atomic mass is 9.99. The number of rotatable bonds is 5. The van der Waals surface area contributed by atoms with Crippen LogP contribution in [0, 0.1) is 13.8 Å². The number of benzene rings is 1. The molecule has 0 aliphatic carbocycles. The van der Waals surface area contributed by atoms with Gasteiger partial charge in [0.2, 0.25) is 0 Å². The van der Waals surface area contributed by atoms with Gasteiger partial charge in [-0.3, -0.25) is 0 Å². The van der Waals surface area contributed by atoms with E-state index in [1.54, 1.807) is 11.3 Å². The molecule has 0 aliphatic rings. The molecule has 0 saturated carbocycles. The number of hydrogen-bond donors (Lipinski definition) is 1. The molecular formula is C15H19ClN2S. The van der Waals surface area contributed by atoms with E-state index in [0.29, 0.717) is 0 Å². The summed E-state index contributed by atoms with van der Waals surface area (Å²) in [5, 5.41) is 7.63. The van der Waals surface area contributed by atoms with Crippen molar-refractivity contribution in [3.8, 4) is 0 Å².